The first-order valence-electron chi connectivity index (χ1n) is 15.2. The van der Waals surface area contributed by atoms with E-state index in [0.717, 1.165) is 43.2 Å². The zero-order valence-corrected chi connectivity index (χ0v) is 26.8. The van der Waals surface area contributed by atoms with E-state index in [1.54, 1.807) is 57.0 Å². The topological polar surface area (TPSA) is 97.0 Å². The number of carbonyl (C=O) groups is 3. The molecule has 2 N–H and O–H groups in total. The monoisotopic (exact) mass is 581 g/mol. The molecule has 8 nitrogen and oxygen atoms in total. The Hall–Kier alpha value is -3.55. The summed E-state index contributed by atoms with van der Waals surface area (Å²) in [6.07, 6.45) is 5.54. The maximum atomic E-state index is 14.4. The molecule has 3 amide bonds. The largest absolute Gasteiger partial charge is 0.497 e. The van der Waals surface area contributed by atoms with Gasteiger partial charge in [-0.15, -0.1) is 0 Å². The van der Waals surface area contributed by atoms with Gasteiger partial charge >= 0.3 is 6.09 Å². The van der Waals surface area contributed by atoms with Gasteiger partial charge < -0.3 is 25.0 Å². The zero-order valence-electron chi connectivity index (χ0n) is 26.8. The lowest BCUT2D eigenvalue weighted by Gasteiger charge is -2.36. The summed E-state index contributed by atoms with van der Waals surface area (Å²) in [6.45, 7) is 13.6. The Balaban J connectivity index is 2.49. The van der Waals surface area contributed by atoms with E-state index in [0.29, 0.717) is 18.0 Å². The third kappa shape index (κ3) is 11.0. The maximum Gasteiger partial charge on any atom is 0.408 e. The van der Waals surface area contributed by atoms with E-state index < -0.39 is 23.8 Å². The minimum absolute atomic E-state index is 0.237. The number of ether oxygens (including phenoxy) is 2. The van der Waals surface area contributed by atoms with Crippen LogP contribution >= 0.6 is 0 Å². The number of alkyl carbamates (subject to hydrolysis) is 1. The highest BCUT2D eigenvalue weighted by atomic mass is 16.6. The maximum absolute atomic E-state index is 14.4. The summed E-state index contributed by atoms with van der Waals surface area (Å²) in [5.41, 5.74) is 1.52. The molecule has 42 heavy (non-hydrogen) atoms. The number of hydrogen-bond acceptors (Lipinski definition) is 5. The van der Waals surface area contributed by atoms with Crippen molar-refractivity contribution in [3.63, 3.8) is 0 Å². The number of nitrogens with one attached hydrogen (secondary N) is 2. The summed E-state index contributed by atoms with van der Waals surface area (Å²) in [7, 11) is 1.59. The normalized spacial score (nSPS) is 12.8. The molecule has 0 bridgehead atoms. The molecule has 0 aromatic heterocycles. The Morgan fingerprint density at radius 1 is 0.905 bits per heavy atom. The molecule has 0 aliphatic heterocycles. The van der Waals surface area contributed by atoms with Crippen molar-refractivity contribution in [2.45, 2.75) is 105 Å². The second-order valence-corrected chi connectivity index (χ2v) is 12.1. The van der Waals surface area contributed by atoms with E-state index in [1.807, 2.05) is 45.0 Å². The van der Waals surface area contributed by atoms with Crippen molar-refractivity contribution in [1.29, 1.82) is 0 Å². The lowest BCUT2D eigenvalue weighted by atomic mass is 9.95. The number of methoxy groups -OCH3 is 1. The van der Waals surface area contributed by atoms with Crippen LogP contribution in [0.3, 0.4) is 0 Å². The number of rotatable bonds is 15. The number of aryl methyl sites for hydroxylation is 1. The molecular formula is C34H51N3O5. The summed E-state index contributed by atoms with van der Waals surface area (Å²) in [6, 6.07) is 12.9. The van der Waals surface area contributed by atoms with Crippen LogP contribution in [0.15, 0.2) is 48.5 Å². The number of benzene rings is 2. The third-order valence-corrected chi connectivity index (χ3v) is 7.04. The Kier molecular flexibility index (Phi) is 13.8. The fraction of sp³-hybridized carbons (Fsp3) is 0.559. The first-order valence-corrected chi connectivity index (χ1v) is 15.2. The fourth-order valence-corrected chi connectivity index (χ4v) is 4.78. The zero-order chi connectivity index (χ0) is 31.3. The molecule has 2 atom stereocenters. The molecule has 0 aliphatic carbocycles. The second-order valence-electron chi connectivity index (χ2n) is 12.1. The van der Waals surface area contributed by atoms with Crippen LogP contribution < -0.4 is 15.4 Å². The van der Waals surface area contributed by atoms with E-state index in [9.17, 15) is 14.4 Å². The van der Waals surface area contributed by atoms with Gasteiger partial charge in [-0.2, -0.15) is 0 Å². The molecule has 0 heterocycles. The molecule has 2 aromatic rings. The number of carbonyl (C=O) groups excluding carboxylic acids is 3. The molecule has 2 unspecified atom stereocenters. The van der Waals surface area contributed by atoms with Gasteiger partial charge in [-0.1, -0.05) is 77.1 Å². The summed E-state index contributed by atoms with van der Waals surface area (Å²) in [5.74, 6) is -0.202. The second kappa shape index (κ2) is 16.8. The van der Waals surface area contributed by atoms with Gasteiger partial charge in [-0.05, 0) is 75.4 Å². The Bertz CT molecular complexity index is 1140. The molecule has 0 aliphatic rings. The van der Waals surface area contributed by atoms with Gasteiger partial charge in [0, 0.05) is 12.2 Å². The molecule has 0 saturated carbocycles. The fourth-order valence-electron chi connectivity index (χ4n) is 4.78. The summed E-state index contributed by atoms with van der Waals surface area (Å²) >= 11 is 0. The third-order valence-electron chi connectivity index (χ3n) is 7.04. The highest BCUT2D eigenvalue weighted by Crippen LogP contribution is 2.29. The van der Waals surface area contributed by atoms with E-state index >= 15 is 0 Å². The van der Waals surface area contributed by atoms with Gasteiger partial charge in [-0.25, -0.2) is 4.79 Å². The number of amides is 3. The smallest absolute Gasteiger partial charge is 0.408 e. The van der Waals surface area contributed by atoms with Crippen LogP contribution in [0.2, 0.25) is 0 Å². The molecule has 0 saturated heterocycles. The van der Waals surface area contributed by atoms with Crippen LogP contribution in [-0.2, 0) is 14.3 Å². The average Bonchev–Trinajstić information content (AvgIpc) is 2.92. The molecular weight excluding hydrogens is 530 g/mol. The lowest BCUT2D eigenvalue weighted by molar-refractivity contribution is -0.141. The predicted octanol–water partition coefficient (Wildman–Crippen LogP) is 7.42. The first-order chi connectivity index (χ1) is 19.9. The van der Waals surface area contributed by atoms with Crippen LogP contribution in [0.5, 0.6) is 5.75 Å². The first kappa shape index (κ1) is 34.7. The van der Waals surface area contributed by atoms with Crippen LogP contribution in [0.4, 0.5) is 10.5 Å². The van der Waals surface area contributed by atoms with Crippen molar-refractivity contribution in [3.05, 3.63) is 59.7 Å². The number of hydrogen-bond donors (Lipinski definition) is 2. The molecule has 0 spiro atoms. The van der Waals surface area contributed by atoms with Gasteiger partial charge in [0.2, 0.25) is 5.91 Å². The van der Waals surface area contributed by atoms with E-state index in [1.165, 1.54) is 6.42 Å². The molecule has 0 radical (unpaired) electrons. The Morgan fingerprint density at radius 3 is 2.10 bits per heavy atom. The van der Waals surface area contributed by atoms with Gasteiger partial charge in [-0.3, -0.25) is 9.59 Å². The van der Waals surface area contributed by atoms with Crippen molar-refractivity contribution >= 4 is 23.6 Å². The van der Waals surface area contributed by atoms with Crippen LogP contribution in [0, 0.1) is 12.8 Å². The van der Waals surface area contributed by atoms with E-state index in [2.05, 4.69) is 17.6 Å². The van der Waals surface area contributed by atoms with Crippen molar-refractivity contribution in [3.8, 4) is 5.75 Å². The SMILES string of the molecule is CCCCCCCCN(C(=O)C(NC(=O)OC(C)(C)C)C(C)C)C(C(=O)Nc1ccc(OC)cc1)c1ccccc1C. The number of nitrogens with zero attached hydrogens (tertiary/aromatic N) is 1. The minimum atomic E-state index is -0.905. The van der Waals surface area contributed by atoms with E-state index in [-0.39, 0.29) is 17.7 Å². The predicted molar refractivity (Wildman–Crippen MR) is 169 cm³/mol. The van der Waals surface area contributed by atoms with Gasteiger partial charge in [0.25, 0.3) is 5.91 Å². The number of unbranched alkanes of at least 4 members (excludes halogenated alkanes) is 5. The summed E-state index contributed by atoms with van der Waals surface area (Å²) in [5, 5.41) is 5.81. The van der Waals surface area contributed by atoms with Crippen molar-refractivity contribution < 1.29 is 23.9 Å². The standard InChI is InChI=1S/C34H51N3O5/c1-9-10-11-12-13-16-23-37(32(39)29(24(2)3)36-33(40)42-34(5,6)7)30(28-18-15-14-17-25(28)4)31(38)35-26-19-21-27(41-8)22-20-26/h14-15,17-22,24,29-30H,9-13,16,23H2,1-8H3,(H,35,38)(H,36,40). The molecule has 8 heteroatoms. The van der Waals surface area contributed by atoms with Gasteiger partial charge in [0.15, 0.2) is 0 Å². The molecule has 0 fully saturated rings. The molecule has 2 rings (SSSR count). The Morgan fingerprint density at radius 2 is 1.52 bits per heavy atom. The van der Waals surface area contributed by atoms with Crippen molar-refractivity contribution in [2.24, 2.45) is 5.92 Å². The van der Waals surface area contributed by atoms with Crippen LogP contribution in [-0.4, -0.2) is 48.1 Å². The highest BCUT2D eigenvalue weighted by Gasteiger charge is 2.38. The quantitative estimate of drug-likeness (QED) is 0.213. The number of anilines is 1. The molecule has 232 valence electrons. The van der Waals surface area contributed by atoms with Gasteiger partial charge in [0.1, 0.15) is 23.4 Å². The van der Waals surface area contributed by atoms with Crippen LogP contribution in [0.1, 0.15) is 97.2 Å². The van der Waals surface area contributed by atoms with Crippen LogP contribution in [0.25, 0.3) is 0 Å². The Labute approximate surface area is 252 Å². The van der Waals surface area contributed by atoms with Gasteiger partial charge in [0.05, 0.1) is 7.11 Å². The lowest BCUT2D eigenvalue weighted by Crippen LogP contribution is -2.54. The summed E-state index contributed by atoms with van der Waals surface area (Å²) in [4.78, 5) is 42.9. The summed E-state index contributed by atoms with van der Waals surface area (Å²) < 4.78 is 10.7. The van der Waals surface area contributed by atoms with Crippen molar-refractivity contribution in [1.82, 2.24) is 10.2 Å². The highest BCUT2D eigenvalue weighted by molar-refractivity contribution is 5.99. The average molecular weight is 582 g/mol. The van der Waals surface area contributed by atoms with Crippen molar-refractivity contribution in [2.75, 3.05) is 19.0 Å². The molecule has 2 aromatic carbocycles. The van der Waals surface area contributed by atoms with E-state index in [4.69, 9.17) is 9.47 Å². The minimum Gasteiger partial charge on any atom is -0.497 e.